The molecule has 0 N–H and O–H groups in total. The van der Waals surface area contributed by atoms with Crippen LogP contribution in [0.3, 0.4) is 0 Å². The summed E-state index contributed by atoms with van der Waals surface area (Å²) in [5.41, 5.74) is 16.1. The molecule has 296 valence electrons. The Labute approximate surface area is 365 Å². The summed E-state index contributed by atoms with van der Waals surface area (Å²) in [6.45, 7) is 0. The van der Waals surface area contributed by atoms with E-state index in [4.69, 9.17) is 4.42 Å². The molecule has 0 aliphatic heterocycles. The monoisotopic (exact) mass is 804 g/mol. The minimum absolute atomic E-state index is 0.894. The summed E-state index contributed by atoms with van der Waals surface area (Å²) < 4.78 is 8.94. The number of furan rings is 1. The summed E-state index contributed by atoms with van der Waals surface area (Å²) in [5.74, 6) is 0. The van der Waals surface area contributed by atoms with Crippen molar-refractivity contribution in [2.45, 2.75) is 12.8 Å². The molecule has 1 aliphatic rings. The minimum Gasteiger partial charge on any atom is -0.456 e. The number of nitrogens with zero attached hydrogens (tertiary/aromatic N) is 2. The van der Waals surface area contributed by atoms with E-state index in [0.29, 0.717) is 0 Å². The first-order valence-corrected chi connectivity index (χ1v) is 21.9. The predicted molar refractivity (Wildman–Crippen MR) is 266 cm³/mol. The van der Waals surface area contributed by atoms with Gasteiger partial charge in [-0.15, -0.1) is 0 Å². The van der Waals surface area contributed by atoms with Gasteiger partial charge in [0.2, 0.25) is 0 Å². The maximum atomic E-state index is 6.46. The second-order valence-corrected chi connectivity index (χ2v) is 16.7. The van der Waals surface area contributed by atoms with Gasteiger partial charge in [0.05, 0.1) is 11.0 Å². The molecule has 0 amide bonds. The number of benzene rings is 10. The molecule has 13 rings (SSSR count). The Morgan fingerprint density at radius 3 is 1.94 bits per heavy atom. The number of allylic oxidation sites excluding steroid dienone is 1. The lowest BCUT2D eigenvalue weighted by Crippen LogP contribution is -2.10. The van der Waals surface area contributed by atoms with Crippen molar-refractivity contribution in [1.29, 1.82) is 0 Å². The molecule has 0 atom stereocenters. The van der Waals surface area contributed by atoms with Crippen molar-refractivity contribution in [1.82, 2.24) is 4.57 Å². The summed E-state index contributed by atoms with van der Waals surface area (Å²) in [6, 6.07) is 75.2. The van der Waals surface area contributed by atoms with Crippen LogP contribution in [-0.4, -0.2) is 4.57 Å². The number of anilines is 3. The molecular formula is C60H40N2O. The largest absolute Gasteiger partial charge is 0.456 e. The Morgan fingerprint density at radius 2 is 1.10 bits per heavy atom. The summed E-state index contributed by atoms with van der Waals surface area (Å²) in [6.07, 6.45) is 6.78. The lowest BCUT2D eigenvalue weighted by atomic mass is 9.87. The van der Waals surface area contributed by atoms with Crippen LogP contribution in [0, 0.1) is 0 Å². The molecule has 3 heteroatoms. The second kappa shape index (κ2) is 14.2. The Kier molecular flexibility index (Phi) is 8.04. The van der Waals surface area contributed by atoms with E-state index in [1.807, 2.05) is 6.07 Å². The fraction of sp³-hybridized carbons (Fsp3) is 0.0333. The van der Waals surface area contributed by atoms with E-state index in [2.05, 4.69) is 222 Å². The first kappa shape index (κ1) is 35.6. The van der Waals surface area contributed by atoms with E-state index in [1.54, 1.807) is 0 Å². The van der Waals surface area contributed by atoms with Crippen molar-refractivity contribution in [2.24, 2.45) is 0 Å². The van der Waals surface area contributed by atoms with Crippen LogP contribution >= 0.6 is 0 Å². The van der Waals surface area contributed by atoms with Gasteiger partial charge in [-0.2, -0.15) is 0 Å². The highest BCUT2D eigenvalue weighted by Crippen LogP contribution is 2.46. The molecule has 0 spiro atoms. The zero-order chi connectivity index (χ0) is 41.4. The van der Waals surface area contributed by atoms with Gasteiger partial charge in [0.15, 0.2) is 0 Å². The summed E-state index contributed by atoms with van der Waals surface area (Å²) >= 11 is 0. The third kappa shape index (κ3) is 5.67. The standard InChI is InChI=1S/C60H40N2O/c1-3-17-43(18-4-1)61(45-30-27-39(28-31-45)54-35-40-15-7-9-21-47(40)49-23-11-12-24-50(49)54)46-32-34-53-56(38-46)62(44-19-5-2-6-20-44)60-48-22-10-8-16-41(48)36-55(59(53)60)42-29-33-52-51-25-13-14-26-57(51)63-58(52)37-42/h1-8,10-20,22-38H,9,21H2. The molecule has 0 unspecified atom stereocenters. The van der Waals surface area contributed by atoms with Crippen LogP contribution in [0.4, 0.5) is 17.1 Å². The topological polar surface area (TPSA) is 21.3 Å². The normalized spacial score (nSPS) is 12.6. The van der Waals surface area contributed by atoms with Gasteiger partial charge in [-0.25, -0.2) is 0 Å². The van der Waals surface area contributed by atoms with Gasteiger partial charge in [0.25, 0.3) is 0 Å². The first-order valence-electron chi connectivity index (χ1n) is 21.9. The van der Waals surface area contributed by atoms with Gasteiger partial charge in [0.1, 0.15) is 11.2 Å². The Balaban J connectivity index is 1.03. The van der Waals surface area contributed by atoms with Crippen LogP contribution in [0.15, 0.2) is 217 Å². The maximum Gasteiger partial charge on any atom is 0.136 e. The molecule has 12 aromatic rings. The number of fused-ring (bicyclic) bond motifs is 11. The van der Waals surface area contributed by atoms with E-state index in [-0.39, 0.29) is 0 Å². The number of hydrogen-bond donors (Lipinski definition) is 0. The zero-order valence-corrected chi connectivity index (χ0v) is 34.5. The van der Waals surface area contributed by atoms with Gasteiger partial charge in [-0.3, -0.25) is 0 Å². The number of aromatic nitrogens is 1. The van der Waals surface area contributed by atoms with Gasteiger partial charge in [-0.05, 0) is 141 Å². The SMILES string of the molecule is C1=Cc2cc(-c3ccc(N(c4ccccc4)c4ccc5c6c(-c7ccc8c(c7)oc7ccccc78)cc7ccccc7c6n(-c6ccccc6)c5c4)cc3)c3ccccc3c2CC1. The maximum absolute atomic E-state index is 6.46. The molecule has 0 fully saturated rings. The Bertz CT molecular complexity index is 3780. The lowest BCUT2D eigenvalue weighted by molar-refractivity contribution is 0.669. The molecule has 0 radical (unpaired) electrons. The van der Waals surface area contributed by atoms with Crippen LogP contribution in [0.1, 0.15) is 17.5 Å². The lowest BCUT2D eigenvalue weighted by Gasteiger charge is -2.26. The molecule has 1 aliphatic carbocycles. The molecule has 0 saturated heterocycles. The van der Waals surface area contributed by atoms with Crippen LogP contribution in [0.2, 0.25) is 0 Å². The second-order valence-electron chi connectivity index (χ2n) is 16.7. The van der Waals surface area contributed by atoms with Gasteiger partial charge >= 0.3 is 0 Å². The molecule has 2 heterocycles. The molecule has 0 bridgehead atoms. The zero-order valence-electron chi connectivity index (χ0n) is 34.5. The Morgan fingerprint density at radius 1 is 0.444 bits per heavy atom. The van der Waals surface area contributed by atoms with Crippen molar-refractivity contribution >= 4 is 88.4 Å². The molecule has 2 aromatic heterocycles. The highest BCUT2D eigenvalue weighted by Gasteiger charge is 2.23. The van der Waals surface area contributed by atoms with Crippen LogP contribution in [-0.2, 0) is 6.42 Å². The summed E-state index contributed by atoms with van der Waals surface area (Å²) in [4.78, 5) is 2.39. The highest BCUT2D eigenvalue weighted by molar-refractivity contribution is 6.25. The number of hydrogen-bond acceptors (Lipinski definition) is 2. The van der Waals surface area contributed by atoms with E-state index in [0.717, 1.165) is 68.6 Å². The quantitative estimate of drug-likeness (QED) is 0.167. The minimum atomic E-state index is 0.894. The van der Waals surface area contributed by atoms with Crippen LogP contribution in [0.5, 0.6) is 0 Å². The number of aryl methyl sites for hydroxylation is 1. The third-order valence-corrected chi connectivity index (χ3v) is 13.2. The fourth-order valence-corrected chi connectivity index (χ4v) is 10.4. The average molecular weight is 805 g/mol. The van der Waals surface area contributed by atoms with Gasteiger partial charge < -0.3 is 13.9 Å². The molecule has 10 aromatic carbocycles. The van der Waals surface area contributed by atoms with Crippen molar-refractivity contribution in [2.75, 3.05) is 4.90 Å². The van der Waals surface area contributed by atoms with E-state index in [1.165, 1.54) is 65.7 Å². The van der Waals surface area contributed by atoms with E-state index in [9.17, 15) is 0 Å². The average Bonchev–Trinajstić information content (AvgIpc) is 3.90. The fourth-order valence-electron chi connectivity index (χ4n) is 10.4. The van der Waals surface area contributed by atoms with Crippen molar-refractivity contribution in [3.05, 3.63) is 223 Å². The smallest absolute Gasteiger partial charge is 0.136 e. The molecule has 0 saturated carbocycles. The van der Waals surface area contributed by atoms with E-state index < -0.39 is 0 Å². The Hall–Kier alpha value is -8.14. The summed E-state index contributed by atoms with van der Waals surface area (Å²) in [5, 5.41) is 9.75. The molecule has 3 nitrogen and oxygen atoms in total. The van der Waals surface area contributed by atoms with Crippen molar-refractivity contribution < 1.29 is 4.42 Å². The number of rotatable bonds is 6. The first-order chi connectivity index (χ1) is 31.2. The molecular weight excluding hydrogens is 765 g/mol. The van der Waals surface area contributed by atoms with Gasteiger partial charge in [-0.1, -0.05) is 140 Å². The van der Waals surface area contributed by atoms with Crippen LogP contribution < -0.4 is 4.90 Å². The highest BCUT2D eigenvalue weighted by atomic mass is 16.3. The summed E-state index contributed by atoms with van der Waals surface area (Å²) in [7, 11) is 0. The van der Waals surface area contributed by atoms with E-state index >= 15 is 0 Å². The van der Waals surface area contributed by atoms with Crippen molar-refractivity contribution in [3.63, 3.8) is 0 Å². The predicted octanol–water partition coefficient (Wildman–Crippen LogP) is 16.8. The van der Waals surface area contributed by atoms with Crippen LogP contribution in [0.25, 0.3) is 99.3 Å². The van der Waals surface area contributed by atoms with Gasteiger partial charge in [0, 0.05) is 49.7 Å². The number of para-hydroxylation sites is 3. The molecule has 63 heavy (non-hydrogen) atoms. The van der Waals surface area contributed by atoms with Crippen molar-refractivity contribution in [3.8, 4) is 27.9 Å². The third-order valence-electron chi connectivity index (χ3n) is 13.2.